The molecule has 0 spiro atoms. The Hall–Kier alpha value is -3.01. The molecule has 3 aromatic carbocycles. The lowest BCUT2D eigenvalue weighted by Gasteiger charge is -2.29. The summed E-state index contributed by atoms with van der Waals surface area (Å²) >= 11 is 14.5. The van der Waals surface area contributed by atoms with Crippen LogP contribution in [0.1, 0.15) is 39.9 Å². The van der Waals surface area contributed by atoms with Crippen molar-refractivity contribution in [2.45, 2.75) is 19.4 Å². The van der Waals surface area contributed by atoms with E-state index in [0.717, 1.165) is 14.7 Å². The van der Waals surface area contributed by atoms with Crippen LogP contribution in [0.25, 0.3) is 5.70 Å². The molecule has 1 N–H and O–H groups in total. The molecule has 38 heavy (non-hydrogen) atoms. The van der Waals surface area contributed by atoms with Crippen LogP contribution in [0.15, 0.2) is 71.4 Å². The van der Waals surface area contributed by atoms with E-state index in [1.807, 2.05) is 31.2 Å². The van der Waals surface area contributed by atoms with Crippen LogP contribution < -0.4 is 14.8 Å². The van der Waals surface area contributed by atoms with Crippen LogP contribution in [0, 0.1) is 3.57 Å². The van der Waals surface area contributed by atoms with Gasteiger partial charge in [-0.2, -0.15) is 0 Å². The Kier molecular flexibility index (Phi) is 7.44. The maximum atomic E-state index is 13.6. The van der Waals surface area contributed by atoms with Crippen molar-refractivity contribution < 1.29 is 23.8 Å². The minimum atomic E-state index is -0.666. The summed E-state index contributed by atoms with van der Waals surface area (Å²) in [5.74, 6) is -0.327. The molecule has 6 nitrogen and oxygen atoms in total. The fourth-order valence-corrected chi connectivity index (χ4v) is 6.12. The van der Waals surface area contributed by atoms with Crippen molar-refractivity contribution in [1.29, 1.82) is 0 Å². The fraction of sp³-hybridized carbons (Fsp3) is 0.172. The van der Waals surface area contributed by atoms with Gasteiger partial charge in [0.25, 0.3) is 0 Å². The van der Waals surface area contributed by atoms with Gasteiger partial charge in [0.2, 0.25) is 0 Å². The highest BCUT2D eigenvalue weighted by atomic mass is 127. The highest BCUT2D eigenvalue weighted by molar-refractivity contribution is 14.1. The number of hydrogen-bond acceptors (Lipinski definition) is 6. The van der Waals surface area contributed by atoms with Gasteiger partial charge in [0, 0.05) is 43.9 Å². The average Bonchev–Trinajstić information content (AvgIpc) is 3.18. The summed E-state index contributed by atoms with van der Waals surface area (Å²) < 4.78 is 17.7. The molecule has 0 amide bonds. The molecule has 194 valence electrons. The number of allylic oxidation sites excluding steroid dienone is 2. The third kappa shape index (κ3) is 4.57. The quantitative estimate of drug-likeness (QED) is 0.228. The van der Waals surface area contributed by atoms with Crippen molar-refractivity contribution in [3.05, 3.63) is 107 Å². The molecule has 3 aromatic rings. The van der Waals surface area contributed by atoms with Gasteiger partial charge in [0.1, 0.15) is 6.61 Å². The Morgan fingerprint density at radius 2 is 1.79 bits per heavy atom. The first-order chi connectivity index (χ1) is 18.2. The Bertz CT molecular complexity index is 1560. The normalized spacial score (nSPS) is 16.2. The molecule has 0 saturated carbocycles. The van der Waals surface area contributed by atoms with Crippen molar-refractivity contribution in [3.8, 4) is 11.5 Å². The second-order valence-electron chi connectivity index (χ2n) is 8.81. The molecule has 0 fully saturated rings. The molecule has 1 heterocycles. The predicted molar refractivity (Wildman–Crippen MR) is 155 cm³/mol. The van der Waals surface area contributed by atoms with Crippen LogP contribution in [0.3, 0.4) is 0 Å². The largest absolute Gasteiger partial charge is 0.493 e. The van der Waals surface area contributed by atoms with Gasteiger partial charge in [-0.25, -0.2) is 4.79 Å². The first-order valence-electron chi connectivity index (χ1n) is 11.6. The number of dihydropyridines is 1. The lowest BCUT2D eigenvalue weighted by molar-refractivity contribution is -0.136. The number of benzene rings is 3. The number of carbonyl (C=O) groups excluding carboxylic acids is 2. The van der Waals surface area contributed by atoms with Crippen LogP contribution >= 0.6 is 45.8 Å². The Morgan fingerprint density at radius 3 is 2.47 bits per heavy atom. The Morgan fingerprint density at radius 1 is 1.05 bits per heavy atom. The number of halogens is 3. The molecule has 0 aromatic heterocycles. The third-order valence-corrected chi connectivity index (χ3v) is 8.01. The zero-order valence-corrected chi connectivity index (χ0v) is 24.3. The van der Waals surface area contributed by atoms with Gasteiger partial charge in [-0.15, -0.1) is 0 Å². The average molecular weight is 662 g/mol. The number of Topliss-reactive ketones (excluding diaryl/α,β-unsaturated/α-hetero) is 1. The number of carbonyl (C=O) groups is 2. The van der Waals surface area contributed by atoms with Crippen LogP contribution in [-0.2, 0) is 16.1 Å². The molecule has 5 rings (SSSR count). The van der Waals surface area contributed by atoms with E-state index < -0.39 is 11.9 Å². The SMILES string of the molecule is COC(=O)C1=C(C)NC2=C(C(=O)c3ccccc32)[C@H]1c1cc(I)c(OCc2ccc(Cl)cc2Cl)c(OC)c1. The Balaban J connectivity index is 1.60. The van der Waals surface area contributed by atoms with Gasteiger partial charge < -0.3 is 19.5 Å². The van der Waals surface area contributed by atoms with Gasteiger partial charge >= 0.3 is 5.97 Å². The van der Waals surface area contributed by atoms with Gasteiger partial charge in [0.05, 0.1) is 29.1 Å². The number of ether oxygens (including phenoxy) is 3. The molecule has 0 bridgehead atoms. The molecule has 2 aliphatic rings. The Labute approximate surface area is 243 Å². The summed E-state index contributed by atoms with van der Waals surface area (Å²) in [4.78, 5) is 26.7. The van der Waals surface area contributed by atoms with Crippen molar-refractivity contribution in [1.82, 2.24) is 5.32 Å². The molecule has 1 atom stereocenters. The van der Waals surface area contributed by atoms with Crippen molar-refractivity contribution in [3.63, 3.8) is 0 Å². The van der Waals surface area contributed by atoms with Gasteiger partial charge in [0.15, 0.2) is 17.3 Å². The second kappa shape index (κ2) is 10.6. The van der Waals surface area contributed by atoms with E-state index in [2.05, 4.69) is 27.9 Å². The van der Waals surface area contributed by atoms with E-state index in [4.69, 9.17) is 37.4 Å². The first-order valence-corrected chi connectivity index (χ1v) is 13.5. The standard InChI is InChI=1S/C29H22Cl2INO5/c1-14-23(29(35)37-3)24(25-26(33-14)18-6-4-5-7-19(18)27(25)34)16-10-21(32)28(22(11-16)36-2)38-13-15-8-9-17(30)12-20(15)31/h4-12,24,33H,13H2,1-3H3/t24-/m0/s1. The third-order valence-electron chi connectivity index (χ3n) is 6.63. The van der Waals surface area contributed by atoms with E-state index in [-0.39, 0.29) is 12.4 Å². The summed E-state index contributed by atoms with van der Waals surface area (Å²) in [6, 6.07) is 16.3. The topological polar surface area (TPSA) is 73.9 Å². The monoisotopic (exact) mass is 661 g/mol. The number of rotatable bonds is 6. The first kappa shape index (κ1) is 26.6. The molecular weight excluding hydrogens is 640 g/mol. The number of hydrogen-bond donors (Lipinski definition) is 1. The molecule has 9 heteroatoms. The van der Waals surface area contributed by atoms with E-state index in [1.165, 1.54) is 7.11 Å². The van der Waals surface area contributed by atoms with E-state index >= 15 is 0 Å². The number of fused-ring (bicyclic) bond motifs is 2. The lowest BCUT2D eigenvalue weighted by atomic mass is 9.79. The summed E-state index contributed by atoms with van der Waals surface area (Å²) in [5, 5.41) is 4.33. The fourth-order valence-electron chi connectivity index (χ4n) is 4.88. The van der Waals surface area contributed by atoms with Crippen molar-refractivity contribution >= 4 is 63.2 Å². The van der Waals surface area contributed by atoms with E-state index in [1.54, 1.807) is 37.4 Å². The van der Waals surface area contributed by atoms with Gasteiger partial charge in [-0.05, 0) is 59.3 Å². The van der Waals surface area contributed by atoms with Gasteiger partial charge in [-0.1, -0.05) is 53.5 Å². The highest BCUT2D eigenvalue weighted by Gasteiger charge is 2.43. The minimum absolute atomic E-state index is 0.131. The highest BCUT2D eigenvalue weighted by Crippen LogP contribution is 2.48. The summed E-state index contributed by atoms with van der Waals surface area (Å²) in [5.41, 5.74) is 5.07. The molecular formula is C29H22Cl2INO5. The summed E-state index contributed by atoms with van der Waals surface area (Å²) in [6.07, 6.45) is 0. The number of nitrogens with one attached hydrogen (secondary N) is 1. The van der Waals surface area contributed by atoms with E-state index in [9.17, 15) is 9.59 Å². The predicted octanol–water partition coefficient (Wildman–Crippen LogP) is 6.93. The molecule has 1 aliphatic heterocycles. The van der Waals surface area contributed by atoms with Gasteiger partial charge in [-0.3, -0.25) is 4.79 Å². The summed E-state index contributed by atoms with van der Waals surface area (Å²) in [7, 11) is 2.88. The summed E-state index contributed by atoms with van der Waals surface area (Å²) in [6.45, 7) is 2.01. The van der Waals surface area contributed by atoms with Crippen LogP contribution in [0.4, 0.5) is 0 Å². The molecule has 0 saturated heterocycles. The maximum Gasteiger partial charge on any atom is 0.336 e. The molecule has 0 radical (unpaired) electrons. The van der Waals surface area contributed by atoms with E-state index in [0.29, 0.717) is 55.2 Å². The minimum Gasteiger partial charge on any atom is -0.493 e. The number of methoxy groups -OCH3 is 2. The molecule has 0 unspecified atom stereocenters. The van der Waals surface area contributed by atoms with Crippen LogP contribution in [0.2, 0.25) is 10.0 Å². The maximum absolute atomic E-state index is 13.6. The second-order valence-corrected chi connectivity index (χ2v) is 10.8. The van der Waals surface area contributed by atoms with Crippen molar-refractivity contribution in [2.24, 2.45) is 0 Å². The number of ketones is 1. The zero-order valence-electron chi connectivity index (χ0n) is 20.7. The smallest absolute Gasteiger partial charge is 0.336 e. The molecule has 1 aliphatic carbocycles. The zero-order chi connectivity index (χ0) is 27.1. The van der Waals surface area contributed by atoms with Crippen molar-refractivity contribution in [2.75, 3.05) is 14.2 Å². The van der Waals surface area contributed by atoms with Crippen LogP contribution in [0.5, 0.6) is 11.5 Å². The number of esters is 1. The van der Waals surface area contributed by atoms with Crippen LogP contribution in [-0.4, -0.2) is 26.0 Å². The lowest BCUT2D eigenvalue weighted by Crippen LogP contribution is -2.29.